The molecule has 1 heterocycles. The second-order valence-electron chi connectivity index (χ2n) is 4.46. The number of aryl methyl sites for hydroxylation is 1. The molecule has 0 unspecified atom stereocenters. The molecule has 0 aliphatic heterocycles. The van der Waals surface area contributed by atoms with Gasteiger partial charge in [-0.05, 0) is 36.2 Å². The summed E-state index contributed by atoms with van der Waals surface area (Å²) in [6.07, 6.45) is 2.84. The minimum Gasteiger partial charge on any atom is -0.492 e. The van der Waals surface area contributed by atoms with Crippen LogP contribution < -0.4 is 9.64 Å². The molecule has 0 saturated heterocycles. The van der Waals surface area contributed by atoms with Crippen LogP contribution >= 0.6 is 0 Å². The molecule has 0 amide bonds. The standard InChI is InChI=1S/C16H20N2O/c1-3-14-7-6-8-15(13-14)19-12-11-18(2)16-9-4-5-10-17-16/h4-10,13H,3,11-12H2,1-2H3. The van der Waals surface area contributed by atoms with E-state index in [4.69, 9.17) is 4.74 Å². The highest BCUT2D eigenvalue weighted by atomic mass is 16.5. The number of anilines is 1. The van der Waals surface area contributed by atoms with Gasteiger partial charge in [-0.1, -0.05) is 25.1 Å². The predicted molar refractivity (Wildman–Crippen MR) is 78.8 cm³/mol. The summed E-state index contributed by atoms with van der Waals surface area (Å²) < 4.78 is 5.77. The van der Waals surface area contributed by atoms with Gasteiger partial charge in [0.2, 0.25) is 0 Å². The maximum absolute atomic E-state index is 5.77. The topological polar surface area (TPSA) is 25.4 Å². The lowest BCUT2D eigenvalue weighted by molar-refractivity contribution is 0.325. The summed E-state index contributed by atoms with van der Waals surface area (Å²) >= 11 is 0. The molecular formula is C16H20N2O. The third kappa shape index (κ3) is 3.98. The minimum atomic E-state index is 0.653. The zero-order valence-electron chi connectivity index (χ0n) is 11.5. The third-order valence-electron chi connectivity index (χ3n) is 3.04. The molecule has 0 atom stereocenters. The Morgan fingerprint density at radius 1 is 1.16 bits per heavy atom. The summed E-state index contributed by atoms with van der Waals surface area (Å²) in [5.41, 5.74) is 1.30. The van der Waals surface area contributed by atoms with Gasteiger partial charge >= 0.3 is 0 Å². The predicted octanol–water partition coefficient (Wildman–Crippen LogP) is 3.16. The molecule has 0 radical (unpaired) electrons. The largest absolute Gasteiger partial charge is 0.492 e. The number of pyridine rings is 1. The highest BCUT2D eigenvalue weighted by Crippen LogP contribution is 2.14. The Kier molecular flexibility index (Phi) is 4.78. The van der Waals surface area contributed by atoms with Gasteiger partial charge in [0.25, 0.3) is 0 Å². The molecular weight excluding hydrogens is 236 g/mol. The number of likely N-dealkylation sites (N-methyl/N-ethyl adjacent to an activating group) is 1. The Balaban J connectivity index is 1.83. The van der Waals surface area contributed by atoms with Crippen LogP contribution in [0.2, 0.25) is 0 Å². The minimum absolute atomic E-state index is 0.653. The monoisotopic (exact) mass is 256 g/mol. The Morgan fingerprint density at radius 3 is 2.79 bits per heavy atom. The first-order valence-corrected chi connectivity index (χ1v) is 6.63. The number of ether oxygens (including phenoxy) is 1. The Morgan fingerprint density at radius 2 is 2.05 bits per heavy atom. The molecule has 0 fully saturated rings. The van der Waals surface area contributed by atoms with Gasteiger partial charge in [-0.15, -0.1) is 0 Å². The van der Waals surface area contributed by atoms with Crippen molar-refractivity contribution in [2.45, 2.75) is 13.3 Å². The lowest BCUT2D eigenvalue weighted by atomic mass is 10.2. The van der Waals surface area contributed by atoms with E-state index >= 15 is 0 Å². The first-order valence-electron chi connectivity index (χ1n) is 6.63. The van der Waals surface area contributed by atoms with Crippen LogP contribution in [-0.4, -0.2) is 25.2 Å². The normalized spacial score (nSPS) is 10.2. The average molecular weight is 256 g/mol. The number of hydrogen-bond donors (Lipinski definition) is 0. The smallest absolute Gasteiger partial charge is 0.128 e. The number of hydrogen-bond acceptors (Lipinski definition) is 3. The second kappa shape index (κ2) is 6.78. The molecule has 1 aromatic heterocycles. The molecule has 0 aliphatic rings. The number of nitrogens with zero attached hydrogens (tertiary/aromatic N) is 2. The Hall–Kier alpha value is -2.03. The molecule has 0 aliphatic carbocycles. The van der Waals surface area contributed by atoms with Crippen LogP contribution in [0.3, 0.4) is 0 Å². The van der Waals surface area contributed by atoms with Crippen molar-refractivity contribution in [2.24, 2.45) is 0 Å². The van der Waals surface area contributed by atoms with E-state index in [0.717, 1.165) is 24.5 Å². The molecule has 3 nitrogen and oxygen atoms in total. The number of aromatic nitrogens is 1. The van der Waals surface area contributed by atoms with Crippen LogP contribution in [-0.2, 0) is 6.42 Å². The van der Waals surface area contributed by atoms with Crippen molar-refractivity contribution in [3.05, 3.63) is 54.2 Å². The van der Waals surface area contributed by atoms with Crippen LogP contribution in [0.25, 0.3) is 0 Å². The first-order chi connectivity index (χ1) is 9.29. The molecule has 0 saturated carbocycles. The van der Waals surface area contributed by atoms with Crippen molar-refractivity contribution in [1.82, 2.24) is 4.98 Å². The molecule has 0 bridgehead atoms. The Bertz CT molecular complexity index is 499. The second-order valence-corrected chi connectivity index (χ2v) is 4.46. The van der Waals surface area contributed by atoms with Gasteiger partial charge in [-0.3, -0.25) is 0 Å². The van der Waals surface area contributed by atoms with Crippen molar-refractivity contribution in [2.75, 3.05) is 25.1 Å². The van der Waals surface area contributed by atoms with Gasteiger partial charge in [0.05, 0.1) is 6.54 Å². The van der Waals surface area contributed by atoms with Crippen molar-refractivity contribution in [3.8, 4) is 5.75 Å². The average Bonchev–Trinajstić information content (AvgIpc) is 2.48. The summed E-state index contributed by atoms with van der Waals surface area (Å²) in [5.74, 6) is 1.90. The van der Waals surface area contributed by atoms with Crippen molar-refractivity contribution >= 4 is 5.82 Å². The molecule has 2 rings (SSSR count). The van der Waals surface area contributed by atoms with Crippen LogP contribution in [0.15, 0.2) is 48.7 Å². The van der Waals surface area contributed by atoms with E-state index in [2.05, 4.69) is 28.9 Å². The van der Waals surface area contributed by atoms with Gasteiger partial charge in [-0.25, -0.2) is 4.98 Å². The summed E-state index contributed by atoms with van der Waals surface area (Å²) in [6, 6.07) is 14.2. The van der Waals surface area contributed by atoms with Crippen LogP contribution in [0.4, 0.5) is 5.82 Å². The molecule has 2 aromatic rings. The molecule has 0 N–H and O–H groups in total. The highest BCUT2D eigenvalue weighted by Gasteiger charge is 2.01. The van der Waals surface area contributed by atoms with E-state index in [0.29, 0.717) is 6.61 Å². The molecule has 3 heteroatoms. The molecule has 19 heavy (non-hydrogen) atoms. The zero-order chi connectivity index (χ0) is 13.5. The van der Waals surface area contributed by atoms with E-state index in [1.807, 2.05) is 37.4 Å². The highest BCUT2D eigenvalue weighted by molar-refractivity contribution is 5.36. The summed E-state index contributed by atoms with van der Waals surface area (Å²) in [4.78, 5) is 6.39. The third-order valence-corrected chi connectivity index (χ3v) is 3.04. The van der Waals surface area contributed by atoms with E-state index in [1.165, 1.54) is 5.56 Å². The lowest BCUT2D eigenvalue weighted by Crippen LogP contribution is -2.24. The van der Waals surface area contributed by atoms with E-state index in [1.54, 1.807) is 6.20 Å². The van der Waals surface area contributed by atoms with Crippen molar-refractivity contribution < 1.29 is 4.74 Å². The fourth-order valence-corrected chi connectivity index (χ4v) is 1.85. The van der Waals surface area contributed by atoms with E-state index in [9.17, 15) is 0 Å². The SMILES string of the molecule is CCc1cccc(OCCN(C)c2ccccn2)c1. The van der Waals surface area contributed by atoms with Crippen LogP contribution in [0, 0.1) is 0 Å². The quantitative estimate of drug-likeness (QED) is 0.794. The fourth-order valence-electron chi connectivity index (χ4n) is 1.85. The zero-order valence-corrected chi connectivity index (χ0v) is 11.5. The number of benzene rings is 1. The fraction of sp³-hybridized carbons (Fsp3) is 0.312. The van der Waals surface area contributed by atoms with Crippen molar-refractivity contribution in [3.63, 3.8) is 0 Å². The van der Waals surface area contributed by atoms with Gasteiger partial charge in [0, 0.05) is 13.2 Å². The Labute approximate surface area is 114 Å². The molecule has 100 valence electrons. The van der Waals surface area contributed by atoms with E-state index < -0.39 is 0 Å². The van der Waals surface area contributed by atoms with Crippen LogP contribution in [0.5, 0.6) is 5.75 Å². The van der Waals surface area contributed by atoms with Gasteiger partial charge in [0.1, 0.15) is 18.2 Å². The summed E-state index contributed by atoms with van der Waals surface area (Å²) in [7, 11) is 2.02. The summed E-state index contributed by atoms with van der Waals surface area (Å²) in [6.45, 7) is 3.61. The maximum atomic E-state index is 5.77. The first kappa shape index (κ1) is 13.4. The lowest BCUT2D eigenvalue weighted by Gasteiger charge is -2.18. The number of rotatable bonds is 6. The van der Waals surface area contributed by atoms with Gasteiger partial charge in [-0.2, -0.15) is 0 Å². The van der Waals surface area contributed by atoms with Gasteiger partial charge in [0.15, 0.2) is 0 Å². The van der Waals surface area contributed by atoms with Gasteiger partial charge < -0.3 is 9.64 Å². The van der Waals surface area contributed by atoms with E-state index in [-0.39, 0.29) is 0 Å². The van der Waals surface area contributed by atoms with Crippen molar-refractivity contribution in [1.29, 1.82) is 0 Å². The summed E-state index contributed by atoms with van der Waals surface area (Å²) in [5, 5.41) is 0. The van der Waals surface area contributed by atoms with Crippen LogP contribution in [0.1, 0.15) is 12.5 Å². The molecule has 0 spiro atoms. The maximum Gasteiger partial charge on any atom is 0.128 e. The molecule has 1 aromatic carbocycles.